The van der Waals surface area contributed by atoms with Crippen molar-refractivity contribution in [2.24, 2.45) is 0 Å². The maximum absolute atomic E-state index is 10.8. The standard InChI is InChI=1S/C26H25N5O2.C2H6O.C2H6/c1-16(22-6-4-5-12-28-22)30-23-14-21(24-17(2)31-33-18(24)3)15-29-26(23)25(27)20-9-7-19(8-10-20)11-13-32;1-3-2;1-2/h4-10,12-16,27,30H,11H2,1-3H3;1-2H3;1-2H3. The van der Waals surface area contributed by atoms with Crippen LogP contribution in [0.15, 0.2) is 65.4 Å². The predicted octanol–water partition coefficient (Wildman–Crippen LogP) is 6.37. The van der Waals surface area contributed by atoms with E-state index in [4.69, 9.17) is 9.93 Å². The molecule has 3 aromatic heterocycles. The highest BCUT2D eigenvalue weighted by atomic mass is 16.5. The molecule has 0 aliphatic carbocycles. The quantitative estimate of drug-likeness (QED) is 0.207. The molecule has 1 unspecified atom stereocenters. The summed E-state index contributed by atoms with van der Waals surface area (Å²) in [5.41, 5.74) is 6.58. The molecular weight excluding hydrogens is 478 g/mol. The Kier molecular flexibility index (Phi) is 12.0. The van der Waals surface area contributed by atoms with Crippen LogP contribution in [0.3, 0.4) is 0 Å². The number of nitrogens with zero attached hydrogens (tertiary/aromatic N) is 3. The summed E-state index contributed by atoms with van der Waals surface area (Å²) in [7, 11) is 3.25. The third kappa shape index (κ3) is 7.66. The molecule has 1 atom stereocenters. The molecule has 0 saturated carbocycles. The van der Waals surface area contributed by atoms with Crippen LogP contribution in [0.5, 0.6) is 0 Å². The van der Waals surface area contributed by atoms with Crippen molar-refractivity contribution in [1.82, 2.24) is 15.1 Å². The molecule has 4 aromatic rings. The number of nitrogens with one attached hydrogen (secondary N) is 2. The highest BCUT2D eigenvalue weighted by Crippen LogP contribution is 2.31. The molecule has 0 bridgehead atoms. The Labute approximate surface area is 225 Å². The van der Waals surface area contributed by atoms with Gasteiger partial charge in [-0.2, -0.15) is 0 Å². The normalized spacial score (nSPS) is 10.8. The molecule has 0 spiro atoms. The summed E-state index contributed by atoms with van der Waals surface area (Å²) in [5.74, 6) is 0.714. The van der Waals surface area contributed by atoms with Crippen molar-refractivity contribution in [3.8, 4) is 11.1 Å². The first-order chi connectivity index (χ1) is 18.4. The fourth-order valence-electron chi connectivity index (χ4n) is 3.79. The summed E-state index contributed by atoms with van der Waals surface area (Å²) in [6.45, 7) is 9.79. The van der Waals surface area contributed by atoms with Crippen LogP contribution in [0.2, 0.25) is 0 Å². The molecule has 0 aliphatic rings. The number of carbonyl (C=O) groups is 1. The Morgan fingerprint density at radius 1 is 1.11 bits per heavy atom. The van der Waals surface area contributed by atoms with Gasteiger partial charge in [0.15, 0.2) is 0 Å². The van der Waals surface area contributed by atoms with E-state index in [-0.39, 0.29) is 11.8 Å². The van der Waals surface area contributed by atoms with Gasteiger partial charge in [-0.1, -0.05) is 49.3 Å². The van der Waals surface area contributed by atoms with Crippen LogP contribution < -0.4 is 5.32 Å². The molecule has 200 valence electrons. The molecule has 3 heterocycles. The molecule has 2 N–H and O–H groups in total. The average molecular weight is 516 g/mol. The lowest BCUT2D eigenvalue weighted by Gasteiger charge is -2.19. The van der Waals surface area contributed by atoms with Gasteiger partial charge >= 0.3 is 0 Å². The van der Waals surface area contributed by atoms with Crippen LogP contribution in [0.25, 0.3) is 11.1 Å². The topological polar surface area (TPSA) is 114 Å². The van der Waals surface area contributed by atoms with Gasteiger partial charge in [-0.3, -0.25) is 15.4 Å². The Morgan fingerprint density at radius 3 is 2.34 bits per heavy atom. The van der Waals surface area contributed by atoms with E-state index in [0.717, 1.165) is 39.9 Å². The van der Waals surface area contributed by atoms with Gasteiger partial charge < -0.3 is 19.4 Å². The number of benzene rings is 1. The molecule has 0 radical (unpaired) electrons. The number of methoxy groups -OCH3 is 1. The van der Waals surface area contributed by atoms with Crippen LogP contribution in [-0.4, -0.2) is 41.3 Å². The molecule has 8 nitrogen and oxygen atoms in total. The van der Waals surface area contributed by atoms with Gasteiger partial charge in [0.1, 0.15) is 17.7 Å². The average Bonchev–Trinajstić information content (AvgIpc) is 3.28. The Hall–Kier alpha value is -4.17. The van der Waals surface area contributed by atoms with Crippen LogP contribution in [-0.2, 0) is 16.0 Å². The number of aromatic nitrogens is 3. The lowest BCUT2D eigenvalue weighted by molar-refractivity contribution is -0.107. The van der Waals surface area contributed by atoms with E-state index < -0.39 is 0 Å². The van der Waals surface area contributed by atoms with Gasteiger partial charge in [-0.05, 0) is 44.5 Å². The smallest absolute Gasteiger partial charge is 0.141 e. The molecule has 1 aromatic carbocycles. The summed E-state index contributed by atoms with van der Waals surface area (Å²) in [6, 6.07) is 15.1. The SMILES string of the molecule is CC.COC.Cc1noc(C)c1-c1cnc(C(=N)c2ccc(CC=O)cc2)c(NC(C)c2ccccn2)c1. The maximum atomic E-state index is 10.8. The number of ether oxygens (including phenoxy) is 1. The van der Waals surface area contributed by atoms with E-state index in [9.17, 15) is 4.79 Å². The number of aldehydes is 1. The first-order valence-electron chi connectivity index (χ1n) is 12.5. The van der Waals surface area contributed by atoms with Gasteiger partial charge in [0.2, 0.25) is 0 Å². The number of anilines is 1. The highest BCUT2D eigenvalue weighted by Gasteiger charge is 2.19. The van der Waals surface area contributed by atoms with Gasteiger partial charge in [0.25, 0.3) is 0 Å². The summed E-state index contributed by atoms with van der Waals surface area (Å²) >= 11 is 0. The third-order valence-electron chi connectivity index (χ3n) is 5.51. The van der Waals surface area contributed by atoms with E-state index >= 15 is 0 Å². The van der Waals surface area contributed by atoms with Crippen LogP contribution >= 0.6 is 0 Å². The number of aryl methyl sites for hydroxylation is 2. The number of carbonyl (C=O) groups excluding carboxylic acids is 1. The maximum Gasteiger partial charge on any atom is 0.141 e. The zero-order valence-corrected chi connectivity index (χ0v) is 23.2. The van der Waals surface area contributed by atoms with Crippen molar-refractivity contribution in [1.29, 1.82) is 5.41 Å². The fourth-order valence-corrected chi connectivity index (χ4v) is 3.79. The molecule has 38 heavy (non-hydrogen) atoms. The molecule has 0 aliphatic heterocycles. The Balaban J connectivity index is 0.000000947. The van der Waals surface area contributed by atoms with Crippen molar-refractivity contribution in [2.75, 3.05) is 19.5 Å². The Morgan fingerprint density at radius 2 is 1.79 bits per heavy atom. The van der Waals surface area contributed by atoms with Crippen LogP contribution in [0.4, 0.5) is 5.69 Å². The summed E-state index contributed by atoms with van der Waals surface area (Å²) < 4.78 is 9.59. The minimum Gasteiger partial charge on any atom is -0.388 e. The minimum atomic E-state index is -0.102. The number of rotatable bonds is 8. The largest absolute Gasteiger partial charge is 0.388 e. The zero-order chi connectivity index (χ0) is 28.1. The zero-order valence-electron chi connectivity index (χ0n) is 23.2. The van der Waals surface area contributed by atoms with Gasteiger partial charge in [-0.25, -0.2) is 0 Å². The summed E-state index contributed by atoms with van der Waals surface area (Å²) in [5, 5.41) is 16.4. The van der Waals surface area contributed by atoms with E-state index in [2.05, 4.69) is 25.2 Å². The van der Waals surface area contributed by atoms with E-state index in [1.54, 1.807) is 26.6 Å². The lowest BCUT2D eigenvalue weighted by atomic mass is 10.00. The number of hydrogen-bond acceptors (Lipinski definition) is 8. The highest BCUT2D eigenvalue weighted by molar-refractivity contribution is 6.13. The molecule has 0 fully saturated rings. The van der Waals surface area contributed by atoms with E-state index in [1.807, 2.05) is 83.1 Å². The van der Waals surface area contributed by atoms with Crippen molar-refractivity contribution in [3.63, 3.8) is 0 Å². The van der Waals surface area contributed by atoms with Crippen molar-refractivity contribution < 1.29 is 14.1 Å². The summed E-state index contributed by atoms with van der Waals surface area (Å²) in [4.78, 5) is 19.9. The Bertz CT molecular complexity index is 1280. The summed E-state index contributed by atoms with van der Waals surface area (Å²) in [6.07, 6.45) is 4.73. The van der Waals surface area contributed by atoms with Gasteiger partial charge in [0.05, 0.1) is 28.8 Å². The molecule has 8 heteroatoms. The third-order valence-corrected chi connectivity index (χ3v) is 5.51. The molecule has 0 saturated heterocycles. The van der Waals surface area contributed by atoms with E-state index in [0.29, 0.717) is 23.6 Å². The van der Waals surface area contributed by atoms with Crippen molar-refractivity contribution in [3.05, 3.63) is 94.9 Å². The monoisotopic (exact) mass is 515 g/mol. The lowest BCUT2D eigenvalue weighted by Crippen LogP contribution is -2.14. The van der Waals surface area contributed by atoms with Gasteiger partial charge in [-0.15, -0.1) is 0 Å². The van der Waals surface area contributed by atoms with Crippen molar-refractivity contribution in [2.45, 2.75) is 47.1 Å². The molecular formula is C30H37N5O3. The minimum absolute atomic E-state index is 0.102. The fraction of sp³-hybridized carbons (Fsp3) is 0.300. The number of pyridine rings is 2. The van der Waals surface area contributed by atoms with Gasteiger partial charge in [0, 0.05) is 49.7 Å². The van der Waals surface area contributed by atoms with Crippen molar-refractivity contribution >= 4 is 17.7 Å². The second kappa shape index (κ2) is 15.2. The van der Waals surface area contributed by atoms with E-state index in [1.165, 1.54) is 0 Å². The molecule has 4 rings (SSSR count). The first kappa shape index (κ1) is 30.1. The van der Waals surface area contributed by atoms with Crippen LogP contribution in [0.1, 0.15) is 60.8 Å². The second-order valence-corrected chi connectivity index (χ2v) is 8.29. The van der Waals surface area contributed by atoms with Crippen LogP contribution in [0, 0.1) is 19.3 Å². The second-order valence-electron chi connectivity index (χ2n) is 8.29. The number of hydrogen-bond donors (Lipinski definition) is 2. The predicted molar refractivity (Wildman–Crippen MR) is 152 cm³/mol. The molecule has 0 amide bonds. The first-order valence-corrected chi connectivity index (χ1v) is 12.5.